The van der Waals surface area contributed by atoms with Crippen LogP contribution in [-0.2, 0) is 0 Å². The first kappa shape index (κ1) is 14.0. The molecule has 18 heavy (non-hydrogen) atoms. The van der Waals surface area contributed by atoms with Crippen LogP contribution in [0, 0.1) is 0 Å². The van der Waals surface area contributed by atoms with Gasteiger partial charge < -0.3 is 10.2 Å². The topological polar surface area (TPSA) is 52.0 Å². The van der Waals surface area contributed by atoms with E-state index in [4.69, 9.17) is 10.2 Å². The standard InChI is InChI=1S/C11H12N2O.C4H8/c1-7(2)10(12)11-13-8-5-3-4-6-9(8)14-11;1-3-4-2/h3-6H,12H2,1-2H3;3-4H,1-2H3/b;4-3-. The lowest BCUT2D eigenvalue weighted by molar-refractivity contribution is 0.582. The van der Waals surface area contributed by atoms with E-state index >= 15 is 0 Å². The van der Waals surface area contributed by atoms with Crippen LogP contribution in [0.2, 0.25) is 0 Å². The fourth-order valence-corrected chi connectivity index (χ4v) is 1.20. The minimum absolute atomic E-state index is 0.506. The number of hydrogen-bond acceptors (Lipinski definition) is 3. The molecule has 0 unspecified atom stereocenters. The van der Waals surface area contributed by atoms with Crippen molar-refractivity contribution in [2.24, 2.45) is 5.73 Å². The first-order valence-corrected chi connectivity index (χ1v) is 5.96. The van der Waals surface area contributed by atoms with Gasteiger partial charge in [0.05, 0.1) is 5.70 Å². The van der Waals surface area contributed by atoms with E-state index in [1.54, 1.807) is 0 Å². The molecule has 0 aliphatic rings. The van der Waals surface area contributed by atoms with Crippen LogP contribution in [0.25, 0.3) is 16.8 Å². The Bertz CT molecular complexity index is 524. The molecule has 0 aliphatic carbocycles. The zero-order chi connectivity index (χ0) is 13.5. The number of aromatic nitrogens is 1. The Morgan fingerprint density at radius 3 is 2.28 bits per heavy atom. The molecule has 0 saturated carbocycles. The third kappa shape index (κ3) is 3.48. The van der Waals surface area contributed by atoms with E-state index in [0.29, 0.717) is 11.6 Å². The summed E-state index contributed by atoms with van der Waals surface area (Å²) in [7, 11) is 0. The summed E-state index contributed by atoms with van der Waals surface area (Å²) in [6, 6.07) is 7.62. The van der Waals surface area contributed by atoms with Crippen molar-refractivity contribution < 1.29 is 4.42 Å². The van der Waals surface area contributed by atoms with Gasteiger partial charge in [-0.2, -0.15) is 0 Å². The number of para-hydroxylation sites is 2. The molecule has 1 aromatic heterocycles. The first-order valence-electron chi connectivity index (χ1n) is 5.96. The van der Waals surface area contributed by atoms with Crippen LogP contribution in [0.15, 0.2) is 46.4 Å². The minimum atomic E-state index is 0.506. The third-order valence-corrected chi connectivity index (χ3v) is 2.40. The van der Waals surface area contributed by atoms with E-state index in [2.05, 4.69) is 4.98 Å². The fourth-order valence-electron chi connectivity index (χ4n) is 1.20. The van der Waals surface area contributed by atoms with Crippen molar-refractivity contribution in [3.05, 3.63) is 47.9 Å². The molecule has 0 spiro atoms. The highest BCUT2D eigenvalue weighted by atomic mass is 16.3. The van der Waals surface area contributed by atoms with Gasteiger partial charge in [-0.05, 0) is 45.4 Å². The molecule has 96 valence electrons. The molecule has 0 bridgehead atoms. The van der Waals surface area contributed by atoms with Gasteiger partial charge in [-0.15, -0.1) is 0 Å². The van der Waals surface area contributed by atoms with E-state index in [1.165, 1.54) is 0 Å². The van der Waals surface area contributed by atoms with Crippen LogP contribution in [0.4, 0.5) is 0 Å². The van der Waals surface area contributed by atoms with E-state index in [9.17, 15) is 0 Å². The molecule has 1 heterocycles. The molecule has 0 amide bonds. The van der Waals surface area contributed by atoms with Gasteiger partial charge in [0.1, 0.15) is 5.52 Å². The molecule has 0 saturated heterocycles. The maximum absolute atomic E-state index is 5.83. The van der Waals surface area contributed by atoms with Gasteiger partial charge in [-0.3, -0.25) is 0 Å². The van der Waals surface area contributed by atoms with Crippen molar-refractivity contribution in [1.29, 1.82) is 0 Å². The van der Waals surface area contributed by atoms with Crippen molar-refractivity contribution in [1.82, 2.24) is 4.98 Å². The second kappa shape index (κ2) is 6.64. The highest BCUT2D eigenvalue weighted by molar-refractivity contribution is 5.75. The summed E-state index contributed by atoms with van der Waals surface area (Å²) < 4.78 is 5.50. The molecular formula is C15H20N2O. The number of rotatable bonds is 1. The summed E-state index contributed by atoms with van der Waals surface area (Å²) in [5, 5.41) is 0. The summed E-state index contributed by atoms with van der Waals surface area (Å²) in [4.78, 5) is 4.28. The fraction of sp³-hybridized carbons (Fsp3) is 0.267. The molecule has 2 N–H and O–H groups in total. The van der Waals surface area contributed by atoms with Gasteiger partial charge in [0.2, 0.25) is 5.89 Å². The number of oxazole rings is 1. The van der Waals surface area contributed by atoms with Crippen molar-refractivity contribution in [3.8, 4) is 0 Å². The molecule has 0 aliphatic heterocycles. The first-order chi connectivity index (χ1) is 8.60. The number of hydrogen-bond donors (Lipinski definition) is 1. The van der Waals surface area contributed by atoms with E-state index < -0.39 is 0 Å². The monoisotopic (exact) mass is 244 g/mol. The summed E-state index contributed by atoms with van der Waals surface area (Å²) in [5.41, 5.74) is 9.06. The molecule has 2 rings (SSSR count). The Morgan fingerprint density at radius 1 is 1.17 bits per heavy atom. The molecular weight excluding hydrogens is 224 g/mol. The van der Waals surface area contributed by atoms with Crippen LogP contribution >= 0.6 is 0 Å². The molecule has 3 nitrogen and oxygen atoms in total. The van der Waals surface area contributed by atoms with Crippen LogP contribution in [-0.4, -0.2) is 4.98 Å². The Hall–Kier alpha value is -2.03. The van der Waals surface area contributed by atoms with Crippen LogP contribution in [0.3, 0.4) is 0 Å². The lowest BCUT2D eigenvalue weighted by Crippen LogP contribution is -1.98. The Labute approximate surface area is 108 Å². The maximum Gasteiger partial charge on any atom is 0.243 e. The number of nitrogens with two attached hydrogens (primary N) is 1. The second-order valence-corrected chi connectivity index (χ2v) is 4.07. The van der Waals surface area contributed by atoms with Crippen molar-refractivity contribution in [3.63, 3.8) is 0 Å². The zero-order valence-corrected chi connectivity index (χ0v) is 11.4. The Morgan fingerprint density at radius 2 is 1.78 bits per heavy atom. The Kier molecular flexibility index (Phi) is 5.18. The molecule has 0 atom stereocenters. The van der Waals surface area contributed by atoms with E-state index in [-0.39, 0.29) is 0 Å². The van der Waals surface area contributed by atoms with Crippen molar-refractivity contribution >= 4 is 16.8 Å². The lowest BCUT2D eigenvalue weighted by Gasteiger charge is -1.95. The normalized spacial score (nSPS) is 10.2. The SMILES string of the molecule is C/C=C\C.CC(C)=C(N)c1nc2ccccc2o1. The highest BCUT2D eigenvalue weighted by Gasteiger charge is 2.07. The van der Waals surface area contributed by atoms with Gasteiger partial charge in [-0.25, -0.2) is 4.98 Å². The smallest absolute Gasteiger partial charge is 0.243 e. The van der Waals surface area contributed by atoms with E-state index in [0.717, 1.165) is 16.7 Å². The molecule has 1 aromatic carbocycles. The van der Waals surface area contributed by atoms with E-state index in [1.807, 2.05) is 64.1 Å². The van der Waals surface area contributed by atoms with Gasteiger partial charge in [0.25, 0.3) is 0 Å². The number of benzene rings is 1. The van der Waals surface area contributed by atoms with Gasteiger partial charge in [0.15, 0.2) is 5.58 Å². The van der Waals surface area contributed by atoms with Crippen molar-refractivity contribution in [2.75, 3.05) is 0 Å². The number of fused-ring (bicyclic) bond motifs is 1. The molecule has 0 radical (unpaired) electrons. The second-order valence-electron chi connectivity index (χ2n) is 4.07. The summed E-state index contributed by atoms with van der Waals surface area (Å²) in [5.74, 6) is 0.506. The predicted octanol–water partition coefficient (Wildman–Crippen LogP) is 4.12. The maximum atomic E-state index is 5.83. The molecule has 0 fully saturated rings. The average molecular weight is 244 g/mol. The highest BCUT2D eigenvalue weighted by Crippen LogP contribution is 2.19. The lowest BCUT2D eigenvalue weighted by atomic mass is 10.3. The summed E-state index contributed by atoms with van der Waals surface area (Å²) >= 11 is 0. The molecule has 2 aromatic rings. The van der Waals surface area contributed by atoms with Crippen LogP contribution in [0.5, 0.6) is 0 Å². The van der Waals surface area contributed by atoms with Gasteiger partial charge >= 0.3 is 0 Å². The number of nitrogens with zero attached hydrogens (tertiary/aromatic N) is 1. The van der Waals surface area contributed by atoms with Crippen molar-refractivity contribution in [2.45, 2.75) is 27.7 Å². The van der Waals surface area contributed by atoms with Gasteiger partial charge in [0, 0.05) is 0 Å². The summed E-state index contributed by atoms with van der Waals surface area (Å²) in [6.45, 7) is 7.87. The predicted molar refractivity (Wildman–Crippen MR) is 77.0 cm³/mol. The quantitative estimate of drug-likeness (QED) is 0.768. The summed E-state index contributed by atoms with van der Waals surface area (Å²) in [6.07, 6.45) is 4.00. The third-order valence-electron chi connectivity index (χ3n) is 2.40. The van der Waals surface area contributed by atoms with Crippen LogP contribution in [0.1, 0.15) is 33.6 Å². The zero-order valence-electron chi connectivity index (χ0n) is 11.4. The molecule has 3 heteroatoms. The largest absolute Gasteiger partial charge is 0.435 e. The Balaban J connectivity index is 0.000000357. The minimum Gasteiger partial charge on any atom is -0.435 e. The van der Waals surface area contributed by atoms with Crippen LogP contribution < -0.4 is 5.73 Å². The number of allylic oxidation sites excluding steroid dienone is 3. The van der Waals surface area contributed by atoms with Gasteiger partial charge in [-0.1, -0.05) is 24.3 Å². The average Bonchev–Trinajstić information content (AvgIpc) is 2.81.